The standard InChI is InChI=1S/C23H27FN2O/c1-26(2)23(19-6-4-3-5-7-19)14-12-18(13-15-23)21(22(25)27)16-17-8-10-20(24)11-9-17/h3-11H,12-16H2,1-2H3,(H2,25,27). The summed E-state index contributed by atoms with van der Waals surface area (Å²) >= 11 is 0. The fraction of sp³-hybridized carbons (Fsp3) is 0.348. The van der Waals surface area contributed by atoms with Crippen LogP contribution in [0, 0.1) is 5.82 Å². The highest BCUT2D eigenvalue weighted by Crippen LogP contribution is 2.43. The van der Waals surface area contributed by atoms with Crippen molar-refractivity contribution >= 4 is 5.91 Å². The summed E-state index contributed by atoms with van der Waals surface area (Å²) < 4.78 is 13.2. The molecule has 0 aromatic heterocycles. The summed E-state index contributed by atoms with van der Waals surface area (Å²) in [6, 6.07) is 16.8. The number of rotatable bonds is 5. The topological polar surface area (TPSA) is 46.3 Å². The molecule has 0 bridgehead atoms. The summed E-state index contributed by atoms with van der Waals surface area (Å²) in [5.41, 5.74) is 9.72. The molecule has 0 heterocycles. The Labute approximate surface area is 160 Å². The second kappa shape index (κ2) is 8.05. The minimum Gasteiger partial charge on any atom is -0.366 e. The lowest BCUT2D eigenvalue weighted by Gasteiger charge is -2.44. The summed E-state index contributed by atoms with van der Waals surface area (Å²) in [5.74, 6) is -0.644. The third kappa shape index (κ3) is 4.11. The summed E-state index contributed by atoms with van der Waals surface area (Å²) in [6.07, 6.45) is 4.03. The molecule has 142 valence electrons. The van der Waals surface area contributed by atoms with E-state index < -0.39 is 0 Å². The number of carbonyl (C=O) groups is 1. The van der Waals surface area contributed by atoms with E-state index in [1.807, 2.05) is 6.07 Å². The molecule has 2 N–H and O–H groups in total. The van der Waals surface area contributed by atoms with Crippen LogP contribution in [0.3, 0.4) is 0 Å². The number of carbonyl (C=O) groups excluding carboxylic acids is 1. The molecular weight excluding hydrogens is 339 g/mol. The van der Waals surface area contributed by atoms with Crippen molar-refractivity contribution in [2.75, 3.05) is 14.1 Å². The average Bonchev–Trinajstić information content (AvgIpc) is 2.68. The third-order valence-corrected chi connectivity index (χ3v) is 5.87. The van der Waals surface area contributed by atoms with Crippen LogP contribution >= 0.6 is 0 Å². The lowest BCUT2D eigenvalue weighted by molar-refractivity contribution is -0.114. The Morgan fingerprint density at radius 2 is 1.63 bits per heavy atom. The first-order valence-corrected chi connectivity index (χ1v) is 9.40. The van der Waals surface area contributed by atoms with Gasteiger partial charge in [-0.15, -0.1) is 0 Å². The fourth-order valence-electron chi connectivity index (χ4n) is 4.20. The Kier molecular flexibility index (Phi) is 5.76. The zero-order valence-electron chi connectivity index (χ0n) is 16.0. The van der Waals surface area contributed by atoms with E-state index in [1.54, 1.807) is 12.1 Å². The maximum Gasteiger partial charge on any atom is 0.244 e. The number of nitrogens with two attached hydrogens (primary N) is 1. The van der Waals surface area contributed by atoms with Crippen molar-refractivity contribution in [1.82, 2.24) is 4.90 Å². The predicted molar refractivity (Wildman–Crippen MR) is 107 cm³/mol. The lowest BCUT2D eigenvalue weighted by Crippen LogP contribution is -2.43. The average molecular weight is 366 g/mol. The summed E-state index contributed by atoms with van der Waals surface area (Å²) in [5, 5.41) is 0. The van der Waals surface area contributed by atoms with E-state index in [4.69, 9.17) is 5.73 Å². The number of amides is 1. The maximum absolute atomic E-state index is 13.2. The highest BCUT2D eigenvalue weighted by Gasteiger charge is 2.37. The Morgan fingerprint density at radius 3 is 2.15 bits per heavy atom. The number of benzene rings is 2. The van der Waals surface area contributed by atoms with Crippen molar-refractivity contribution in [3.8, 4) is 0 Å². The second-order valence-corrected chi connectivity index (χ2v) is 7.54. The number of halogens is 1. The highest BCUT2D eigenvalue weighted by molar-refractivity contribution is 5.93. The zero-order valence-corrected chi connectivity index (χ0v) is 16.0. The van der Waals surface area contributed by atoms with E-state index in [9.17, 15) is 9.18 Å². The van der Waals surface area contributed by atoms with E-state index in [1.165, 1.54) is 17.7 Å². The molecule has 27 heavy (non-hydrogen) atoms. The Morgan fingerprint density at radius 1 is 1.04 bits per heavy atom. The van der Waals surface area contributed by atoms with Gasteiger partial charge in [0.25, 0.3) is 0 Å². The van der Waals surface area contributed by atoms with Crippen molar-refractivity contribution in [2.45, 2.75) is 37.6 Å². The van der Waals surface area contributed by atoms with Gasteiger partial charge in [0.1, 0.15) is 5.82 Å². The largest absolute Gasteiger partial charge is 0.366 e. The fourth-order valence-corrected chi connectivity index (χ4v) is 4.20. The molecule has 3 rings (SSSR count). The van der Waals surface area contributed by atoms with Crippen LogP contribution in [0.1, 0.15) is 36.8 Å². The predicted octanol–water partition coefficient (Wildman–Crippen LogP) is 4.18. The molecule has 1 fully saturated rings. The highest BCUT2D eigenvalue weighted by atomic mass is 19.1. The van der Waals surface area contributed by atoms with Gasteiger partial charge in [-0.05, 0) is 63.0 Å². The van der Waals surface area contributed by atoms with Crippen LogP contribution in [-0.4, -0.2) is 24.9 Å². The van der Waals surface area contributed by atoms with Crippen LogP contribution in [0.4, 0.5) is 4.39 Å². The number of hydrogen-bond donors (Lipinski definition) is 1. The molecule has 1 aliphatic rings. The molecule has 0 atom stereocenters. The van der Waals surface area contributed by atoms with E-state index >= 15 is 0 Å². The zero-order chi connectivity index (χ0) is 19.4. The maximum atomic E-state index is 13.2. The van der Waals surface area contributed by atoms with Crippen LogP contribution in [0.2, 0.25) is 0 Å². The Hall–Kier alpha value is -2.46. The normalized spacial score (nSPS) is 19.9. The summed E-state index contributed by atoms with van der Waals surface area (Å²) in [4.78, 5) is 14.4. The van der Waals surface area contributed by atoms with Crippen LogP contribution in [0.15, 0.2) is 65.7 Å². The van der Waals surface area contributed by atoms with E-state index in [0.717, 1.165) is 36.8 Å². The summed E-state index contributed by atoms with van der Waals surface area (Å²) in [6.45, 7) is 0. The van der Waals surface area contributed by atoms with Crippen LogP contribution < -0.4 is 5.73 Å². The molecule has 1 aliphatic carbocycles. The molecule has 2 aromatic carbocycles. The number of nitrogens with zero attached hydrogens (tertiary/aromatic N) is 1. The second-order valence-electron chi connectivity index (χ2n) is 7.54. The first-order chi connectivity index (χ1) is 12.9. The molecule has 0 aliphatic heterocycles. The molecule has 2 aromatic rings. The minimum atomic E-state index is -0.369. The van der Waals surface area contributed by atoms with Gasteiger partial charge in [-0.1, -0.05) is 48.0 Å². The number of primary amides is 1. The van der Waals surface area contributed by atoms with Gasteiger partial charge in [-0.2, -0.15) is 0 Å². The SMILES string of the molecule is CN(C)C1(c2ccccc2)CCC(=C(Cc2ccc(F)cc2)C(N)=O)CC1. The first-order valence-electron chi connectivity index (χ1n) is 9.40. The van der Waals surface area contributed by atoms with Gasteiger partial charge < -0.3 is 5.73 Å². The first kappa shape index (κ1) is 19.3. The lowest BCUT2D eigenvalue weighted by atomic mass is 9.72. The smallest absolute Gasteiger partial charge is 0.244 e. The van der Waals surface area contributed by atoms with E-state index in [0.29, 0.717) is 12.0 Å². The van der Waals surface area contributed by atoms with Crippen LogP contribution in [0.5, 0.6) is 0 Å². The number of hydrogen-bond acceptors (Lipinski definition) is 2. The monoisotopic (exact) mass is 366 g/mol. The van der Waals surface area contributed by atoms with E-state index in [-0.39, 0.29) is 17.3 Å². The van der Waals surface area contributed by atoms with Crippen molar-refractivity contribution in [3.05, 3.63) is 82.7 Å². The van der Waals surface area contributed by atoms with Gasteiger partial charge in [0, 0.05) is 17.5 Å². The van der Waals surface area contributed by atoms with Crippen molar-refractivity contribution < 1.29 is 9.18 Å². The van der Waals surface area contributed by atoms with Gasteiger partial charge in [0.05, 0.1) is 0 Å². The van der Waals surface area contributed by atoms with Gasteiger partial charge in [0.15, 0.2) is 0 Å². The molecule has 0 saturated heterocycles. The van der Waals surface area contributed by atoms with Gasteiger partial charge in [-0.3, -0.25) is 9.69 Å². The molecule has 1 amide bonds. The summed E-state index contributed by atoms with van der Waals surface area (Å²) in [7, 11) is 4.24. The van der Waals surface area contributed by atoms with Crippen LogP contribution in [-0.2, 0) is 16.8 Å². The minimum absolute atomic E-state index is 0.0244. The molecule has 1 saturated carbocycles. The Bertz CT molecular complexity index is 815. The van der Waals surface area contributed by atoms with Gasteiger partial charge in [0.2, 0.25) is 5.91 Å². The van der Waals surface area contributed by atoms with Gasteiger partial charge in [-0.25, -0.2) is 4.39 Å². The third-order valence-electron chi connectivity index (χ3n) is 5.87. The van der Waals surface area contributed by atoms with Crippen molar-refractivity contribution in [1.29, 1.82) is 0 Å². The van der Waals surface area contributed by atoms with Crippen LogP contribution in [0.25, 0.3) is 0 Å². The molecule has 3 nitrogen and oxygen atoms in total. The molecular formula is C23H27FN2O. The van der Waals surface area contributed by atoms with Crippen molar-refractivity contribution in [2.24, 2.45) is 5.73 Å². The molecule has 0 unspecified atom stereocenters. The Balaban J connectivity index is 1.85. The molecule has 0 spiro atoms. The van der Waals surface area contributed by atoms with Crippen molar-refractivity contribution in [3.63, 3.8) is 0 Å². The number of allylic oxidation sites excluding steroid dienone is 1. The van der Waals surface area contributed by atoms with E-state index in [2.05, 4.69) is 43.3 Å². The molecule has 4 heteroatoms. The quantitative estimate of drug-likeness (QED) is 0.807. The van der Waals surface area contributed by atoms with Gasteiger partial charge >= 0.3 is 0 Å². The molecule has 0 radical (unpaired) electrons.